The Labute approximate surface area is 189 Å². The molecule has 0 fully saturated rings. The average molecular weight is 462 g/mol. The summed E-state index contributed by atoms with van der Waals surface area (Å²) in [5, 5.41) is 8.89. The average Bonchev–Trinajstić information content (AvgIpc) is 2.72. The summed E-state index contributed by atoms with van der Waals surface area (Å²) >= 11 is 0. The molecule has 1 amide bonds. The van der Waals surface area contributed by atoms with Crippen molar-refractivity contribution in [1.29, 1.82) is 5.26 Å². The van der Waals surface area contributed by atoms with Gasteiger partial charge in [-0.2, -0.15) is 18.4 Å². The molecule has 0 saturated carbocycles. The van der Waals surface area contributed by atoms with Crippen molar-refractivity contribution in [2.45, 2.75) is 64.3 Å². The van der Waals surface area contributed by atoms with Crippen LogP contribution in [0, 0.1) is 11.3 Å². The van der Waals surface area contributed by atoms with Crippen molar-refractivity contribution < 1.29 is 22.7 Å². The third-order valence-corrected chi connectivity index (χ3v) is 5.20. The van der Waals surface area contributed by atoms with Crippen LogP contribution in [0.15, 0.2) is 29.1 Å². The summed E-state index contributed by atoms with van der Waals surface area (Å²) < 4.78 is 44.1. The SMILES string of the molecule is CC(C)(C)OC(=O)N1Cc2c(nc(-c3ccc(C(F)(F)F)cc3)[nH]c2=O)C(CCCC#N)C1. The van der Waals surface area contributed by atoms with Crippen LogP contribution < -0.4 is 5.56 Å². The zero-order valence-electron chi connectivity index (χ0n) is 18.6. The van der Waals surface area contributed by atoms with E-state index in [2.05, 4.69) is 16.0 Å². The van der Waals surface area contributed by atoms with Crippen molar-refractivity contribution >= 4 is 6.09 Å². The van der Waals surface area contributed by atoms with E-state index in [9.17, 15) is 22.8 Å². The number of hydrogen-bond donors (Lipinski definition) is 1. The van der Waals surface area contributed by atoms with Gasteiger partial charge in [0.25, 0.3) is 5.56 Å². The fourth-order valence-electron chi connectivity index (χ4n) is 3.69. The predicted molar refractivity (Wildman–Crippen MR) is 114 cm³/mol. The van der Waals surface area contributed by atoms with Crippen LogP contribution in [0.1, 0.15) is 62.8 Å². The molecule has 10 heteroatoms. The fraction of sp³-hybridized carbons (Fsp3) is 0.478. The van der Waals surface area contributed by atoms with Crippen molar-refractivity contribution in [3.8, 4) is 17.5 Å². The maximum Gasteiger partial charge on any atom is 0.416 e. The molecule has 0 radical (unpaired) electrons. The van der Waals surface area contributed by atoms with Gasteiger partial charge in [-0.25, -0.2) is 9.78 Å². The topological polar surface area (TPSA) is 99.1 Å². The van der Waals surface area contributed by atoms with E-state index in [0.29, 0.717) is 36.1 Å². The van der Waals surface area contributed by atoms with Crippen LogP contribution >= 0.6 is 0 Å². The number of nitriles is 1. The van der Waals surface area contributed by atoms with Crippen molar-refractivity contribution in [2.24, 2.45) is 0 Å². The van der Waals surface area contributed by atoms with Crippen molar-refractivity contribution in [3.05, 3.63) is 51.4 Å². The number of nitrogens with zero attached hydrogens (tertiary/aromatic N) is 3. The molecule has 33 heavy (non-hydrogen) atoms. The highest BCUT2D eigenvalue weighted by molar-refractivity contribution is 5.69. The van der Waals surface area contributed by atoms with Crippen LogP contribution in [0.25, 0.3) is 11.4 Å². The molecule has 0 bridgehead atoms. The van der Waals surface area contributed by atoms with Gasteiger partial charge in [-0.3, -0.25) is 4.79 Å². The van der Waals surface area contributed by atoms with Crippen molar-refractivity contribution in [3.63, 3.8) is 0 Å². The summed E-state index contributed by atoms with van der Waals surface area (Å²) in [5.41, 5.74) is -0.822. The molecule has 1 aromatic carbocycles. The number of H-pyrrole nitrogens is 1. The number of hydrogen-bond acceptors (Lipinski definition) is 5. The molecular weight excluding hydrogens is 437 g/mol. The number of carbonyl (C=O) groups excluding carboxylic acids is 1. The highest BCUT2D eigenvalue weighted by Crippen LogP contribution is 2.33. The predicted octanol–water partition coefficient (Wildman–Crippen LogP) is 4.98. The molecule has 1 N–H and O–H groups in total. The number of aromatic amines is 1. The Kier molecular flexibility index (Phi) is 6.81. The fourth-order valence-corrected chi connectivity index (χ4v) is 3.69. The van der Waals surface area contributed by atoms with Crippen LogP contribution in [-0.4, -0.2) is 33.1 Å². The van der Waals surface area contributed by atoms with Gasteiger partial charge in [0.05, 0.1) is 29.4 Å². The molecule has 176 valence electrons. The maximum absolute atomic E-state index is 12.9. The number of aromatic nitrogens is 2. The number of nitrogens with one attached hydrogen (secondary N) is 1. The van der Waals surface area contributed by atoms with Gasteiger partial charge in [0.2, 0.25) is 0 Å². The second-order valence-corrected chi connectivity index (χ2v) is 8.96. The third kappa shape index (κ3) is 5.92. The van der Waals surface area contributed by atoms with E-state index in [1.165, 1.54) is 17.0 Å². The van der Waals surface area contributed by atoms with E-state index in [1.54, 1.807) is 20.8 Å². The highest BCUT2D eigenvalue weighted by Gasteiger charge is 2.34. The Hall–Kier alpha value is -3.35. The first-order chi connectivity index (χ1) is 15.4. The molecule has 7 nitrogen and oxygen atoms in total. The minimum Gasteiger partial charge on any atom is -0.444 e. The Bertz CT molecular complexity index is 1110. The number of amides is 1. The summed E-state index contributed by atoms with van der Waals surface area (Å²) in [5.74, 6) is -0.159. The van der Waals surface area contributed by atoms with Gasteiger partial charge in [0.1, 0.15) is 11.4 Å². The lowest BCUT2D eigenvalue weighted by atomic mass is 9.91. The Morgan fingerprint density at radius 3 is 2.52 bits per heavy atom. The number of benzene rings is 1. The number of alkyl halides is 3. The first-order valence-corrected chi connectivity index (χ1v) is 10.5. The van der Waals surface area contributed by atoms with E-state index in [1.807, 2.05) is 0 Å². The first-order valence-electron chi connectivity index (χ1n) is 10.5. The zero-order chi connectivity index (χ0) is 24.4. The molecule has 3 rings (SSSR count). The van der Waals surface area contributed by atoms with Gasteiger partial charge in [0, 0.05) is 24.4 Å². The Morgan fingerprint density at radius 1 is 1.27 bits per heavy atom. The summed E-state index contributed by atoms with van der Waals surface area (Å²) in [6.45, 7) is 5.51. The zero-order valence-corrected chi connectivity index (χ0v) is 18.6. The van der Waals surface area contributed by atoms with Crippen LogP contribution in [0.2, 0.25) is 0 Å². The second-order valence-electron chi connectivity index (χ2n) is 8.96. The van der Waals surface area contributed by atoms with E-state index >= 15 is 0 Å². The van der Waals surface area contributed by atoms with Gasteiger partial charge in [-0.1, -0.05) is 12.1 Å². The minimum atomic E-state index is -4.47. The molecule has 2 aromatic rings. The molecule has 1 atom stereocenters. The smallest absolute Gasteiger partial charge is 0.416 e. The molecule has 2 heterocycles. The lowest BCUT2D eigenvalue weighted by Crippen LogP contribution is -2.44. The number of unbranched alkanes of at least 4 members (excludes halogenated alkanes) is 1. The van der Waals surface area contributed by atoms with Crippen molar-refractivity contribution in [2.75, 3.05) is 6.54 Å². The first kappa shape index (κ1) is 24.3. The number of ether oxygens (including phenoxy) is 1. The lowest BCUT2D eigenvalue weighted by Gasteiger charge is -2.34. The molecule has 1 aliphatic rings. The monoisotopic (exact) mass is 462 g/mol. The number of fused-ring (bicyclic) bond motifs is 1. The van der Waals surface area contributed by atoms with Crippen LogP contribution in [0.5, 0.6) is 0 Å². The van der Waals surface area contributed by atoms with Gasteiger partial charge in [-0.05, 0) is 45.7 Å². The Morgan fingerprint density at radius 2 is 1.94 bits per heavy atom. The third-order valence-electron chi connectivity index (χ3n) is 5.20. The second kappa shape index (κ2) is 9.25. The number of carbonyl (C=O) groups is 1. The largest absolute Gasteiger partial charge is 0.444 e. The molecule has 0 spiro atoms. The summed E-state index contributed by atoms with van der Waals surface area (Å²) in [6, 6.07) is 6.46. The molecule has 0 aliphatic carbocycles. The number of halogens is 3. The molecular formula is C23H25F3N4O3. The standard InChI is InChI=1S/C23H25F3N4O3/c1-22(2,3)33-21(32)30-12-15(6-4-5-11-27)18-17(13-30)20(31)29-19(28-18)14-7-9-16(10-8-14)23(24,25)26/h7-10,15H,4-6,12-13H2,1-3H3,(H,28,29,31). The quantitative estimate of drug-likeness (QED) is 0.646. The molecule has 1 unspecified atom stereocenters. The lowest BCUT2D eigenvalue weighted by molar-refractivity contribution is -0.137. The van der Waals surface area contributed by atoms with E-state index in [4.69, 9.17) is 10.00 Å². The van der Waals surface area contributed by atoms with E-state index in [0.717, 1.165) is 12.1 Å². The summed E-state index contributed by atoms with van der Waals surface area (Å²) in [6.07, 6.45) is -3.64. The van der Waals surface area contributed by atoms with Crippen LogP contribution in [-0.2, 0) is 17.5 Å². The van der Waals surface area contributed by atoms with Crippen LogP contribution in [0.4, 0.5) is 18.0 Å². The maximum atomic E-state index is 12.9. The minimum absolute atomic E-state index is 0.00855. The van der Waals surface area contributed by atoms with Gasteiger partial charge in [-0.15, -0.1) is 0 Å². The molecule has 0 saturated heterocycles. The number of rotatable bonds is 4. The molecule has 1 aromatic heterocycles. The van der Waals surface area contributed by atoms with Crippen molar-refractivity contribution in [1.82, 2.24) is 14.9 Å². The highest BCUT2D eigenvalue weighted by atomic mass is 19.4. The summed E-state index contributed by atoms with van der Waals surface area (Å²) in [4.78, 5) is 34.2. The molecule has 1 aliphatic heterocycles. The van der Waals surface area contributed by atoms with Gasteiger partial charge in [0.15, 0.2) is 0 Å². The summed E-state index contributed by atoms with van der Waals surface area (Å²) in [7, 11) is 0. The normalized spacial score (nSPS) is 16.2. The van der Waals surface area contributed by atoms with Gasteiger partial charge >= 0.3 is 12.3 Å². The Balaban J connectivity index is 1.97. The van der Waals surface area contributed by atoms with Gasteiger partial charge < -0.3 is 14.6 Å². The van der Waals surface area contributed by atoms with Crippen LogP contribution in [0.3, 0.4) is 0 Å². The van der Waals surface area contributed by atoms with E-state index < -0.39 is 29.0 Å². The van der Waals surface area contributed by atoms with E-state index in [-0.39, 0.29) is 24.8 Å².